The molecule has 3 heteroatoms. The normalized spacial score (nSPS) is 9.08. The van der Waals surface area contributed by atoms with E-state index in [0.717, 1.165) is 6.07 Å². The van der Waals surface area contributed by atoms with E-state index in [-0.39, 0.29) is 17.4 Å². The number of carbonyl (C=O) groups excluding carboxylic acids is 1. The molecule has 12 heavy (non-hydrogen) atoms. The molecule has 0 aliphatic rings. The van der Waals surface area contributed by atoms with Crippen molar-refractivity contribution in [1.29, 1.82) is 0 Å². The predicted octanol–water partition coefficient (Wildman–Crippen LogP) is 1.76. The van der Waals surface area contributed by atoms with E-state index >= 15 is 0 Å². The molecule has 60 valence electrons. The molecule has 0 fully saturated rings. The van der Waals surface area contributed by atoms with Crippen LogP contribution in [0, 0.1) is 24.0 Å². The monoisotopic (exact) mass is 166 g/mol. The summed E-state index contributed by atoms with van der Waals surface area (Å²) in [5, 5.41) is 0. The Morgan fingerprint density at radius 1 is 1.33 bits per heavy atom. The molecule has 0 amide bonds. The van der Waals surface area contributed by atoms with Crippen molar-refractivity contribution in [2.75, 3.05) is 0 Å². The van der Waals surface area contributed by atoms with Crippen LogP contribution in [-0.2, 0) is 0 Å². The fourth-order valence-corrected chi connectivity index (χ4v) is 0.767. The average molecular weight is 166 g/mol. The molecule has 1 aromatic carbocycles. The van der Waals surface area contributed by atoms with Gasteiger partial charge in [0.2, 0.25) is 0 Å². The fourth-order valence-electron chi connectivity index (χ4n) is 0.767. The van der Waals surface area contributed by atoms with E-state index in [2.05, 4.69) is 0 Å². The van der Waals surface area contributed by atoms with Crippen LogP contribution in [0.1, 0.15) is 15.9 Å². The zero-order chi connectivity index (χ0) is 9.14. The van der Waals surface area contributed by atoms with Gasteiger partial charge < -0.3 is 0 Å². The van der Waals surface area contributed by atoms with Gasteiger partial charge in [-0.15, -0.1) is 6.42 Å². The Balaban J connectivity index is 3.41. The minimum absolute atomic E-state index is 0.182. The van der Waals surface area contributed by atoms with Crippen molar-refractivity contribution in [3.05, 3.63) is 34.9 Å². The fraction of sp³-hybridized carbons (Fsp3) is 0. The van der Waals surface area contributed by atoms with Crippen LogP contribution >= 0.6 is 0 Å². The number of hydrogen-bond acceptors (Lipinski definition) is 1. The van der Waals surface area contributed by atoms with E-state index in [0.29, 0.717) is 0 Å². The highest BCUT2D eigenvalue weighted by atomic mass is 19.2. The Labute approximate surface area is 68.0 Å². The van der Waals surface area contributed by atoms with Crippen LogP contribution in [0.4, 0.5) is 8.78 Å². The summed E-state index contributed by atoms with van der Waals surface area (Å²) in [7, 11) is 0. The van der Waals surface area contributed by atoms with Gasteiger partial charge in [-0.1, -0.05) is 5.92 Å². The summed E-state index contributed by atoms with van der Waals surface area (Å²) in [4.78, 5) is 10.1. The van der Waals surface area contributed by atoms with Crippen molar-refractivity contribution in [3.63, 3.8) is 0 Å². The van der Waals surface area contributed by atoms with Crippen molar-refractivity contribution in [2.24, 2.45) is 0 Å². The lowest BCUT2D eigenvalue weighted by atomic mass is 10.1. The second-order valence-electron chi connectivity index (χ2n) is 2.09. The van der Waals surface area contributed by atoms with Gasteiger partial charge in [0.25, 0.3) is 0 Å². The van der Waals surface area contributed by atoms with E-state index < -0.39 is 11.6 Å². The van der Waals surface area contributed by atoms with E-state index in [9.17, 15) is 13.6 Å². The Kier molecular flexibility index (Phi) is 2.20. The standard InChI is InChI=1S/C9H4F2O/c1-2-6-3-4-7(5-12)9(11)8(6)10/h1,3-5H. The Hall–Kier alpha value is -1.69. The molecule has 1 nitrogen and oxygen atoms in total. The highest BCUT2D eigenvalue weighted by molar-refractivity contribution is 5.75. The van der Waals surface area contributed by atoms with Gasteiger partial charge >= 0.3 is 0 Å². The third kappa shape index (κ3) is 1.19. The number of halogens is 2. The molecule has 0 spiro atoms. The molecule has 1 rings (SSSR count). The summed E-state index contributed by atoms with van der Waals surface area (Å²) in [6.07, 6.45) is 5.10. The highest BCUT2D eigenvalue weighted by Crippen LogP contribution is 2.13. The van der Waals surface area contributed by atoms with Crippen molar-refractivity contribution in [2.45, 2.75) is 0 Å². The molecule has 0 N–H and O–H groups in total. The first kappa shape index (κ1) is 8.41. The third-order valence-corrected chi connectivity index (χ3v) is 1.39. The smallest absolute Gasteiger partial charge is 0.175 e. The summed E-state index contributed by atoms with van der Waals surface area (Å²) in [6, 6.07) is 2.32. The molecule has 0 unspecified atom stereocenters. The molecule has 0 aliphatic heterocycles. The van der Waals surface area contributed by atoms with Crippen LogP contribution in [-0.4, -0.2) is 6.29 Å². The second kappa shape index (κ2) is 3.14. The summed E-state index contributed by atoms with van der Waals surface area (Å²) in [5.41, 5.74) is -0.510. The number of carbonyl (C=O) groups is 1. The van der Waals surface area contributed by atoms with Gasteiger partial charge in [0.05, 0.1) is 11.1 Å². The lowest BCUT2D eigenvalue weighted by Gasteiger charge is -1.97. The third-order valence-electron chi connectivity index (χ3n) is 1.39. The molecule has 0 atom stereocenters. The second-order valence-corrected chi connectivity index (χ2v) is 2.09. The molecule has 0 aromatic heterocycles. The maximum absolute atomic E-state index is 12.8. The quantitative estimate of drug-likeness (QED) is 0.459. The van der Waals surface area contributed by atoms with Gasteiger partial charge in [0.15, 0.2) is 17.9 Å². The average Bonchev–Trinajstić information content (AvgIpc) is 2.10. The van der Waals surface area contributed by atoms with Crippen LogP contribution in [0.2, 0.25) is 0 Å². The van der Waals surface area contributed by atoms with Crippen molar-refractivity contribution < 1.29 is 13.6 Å². The van der Waals surface area contributed by atoms with E-state index in [1.165, 1.54) is 6.07 Å². The van der Waals surface area contributed by atoms with Crippen LogP contribution in [0.15, 0.2) is 12.1 Å². The zero-order valence-electron chi connectivity index (χ0n) is 5.97. The minimum Gasteiger partial charge on any atom is -0.298 e. The summed E-state index contributed by atoms with van der Waals surface area (Å²) < 4.78 is 25.5. The van der Waals surface area contributed by atoms with Gasteiger partial charge in [-0.3, -0.25) is 4.79 Å². The van der Waals surface area contributed by atoms with Crippen LogP contribution in [0.25, 0.3) is 0 Å². The van der Waals surface area contributed by atoms with Crippen LogP contribution in [0.3, 0.4) is 0 Å². The Bertz CT molecular complexity index is 364. The van der Waals surface area contributed by atoms with Gasteiger partial charge in [-0.05, 0) is 12.1 Å². The number of aldehydes is 1. The molecule has 0 bridgehead atoms. The predicted molar refractivity (Wildman–Crippen MR) is 39.7 cm³/mol. The lowest BCUT2D eigenvalue weighted by molar-refractivity contribution is 0.111. The molecular formula is C9H4F2O. The maximum Gasteiger partial charge on any atom is 0.175 e. The number of benzene rings is 1. The SMILES string of the molecule is C#Cc1ccc(C=O)c(F)c1F. The van der Waals surface area contributed by atoms with Gasteiger partial charge in [-0.25, -0.2) is 8.78 Å². The van der Waals surface area contributed by atoms with Crippen molar-refractivity contribution in [3.8, 4) is 12.3 Å². The van der Waals surface area contributed by atoms with Gasteiger partial charge in [-0.2, -0.15) is 0 Å². The van der Waals surface area contributed by atoms with Crippen molar-refractivity contribution in [1.82, 2.24) is 0 Å². The summed E-state index contributed by atoms with van der Waals surface area (Å²) in [6.45, 7) is 0. The van der Waals surface area contributed by atoms with Crippen LogP contribution in [0.5, 0.6) is 0 Å². The molecule has 0 saturated heterocycles. The topological polar surface area (TPSA) is 17.1 Å². The summed E-state index contributed by atoms with van der Waals surface area (Å²) in [5.74, 6) is -0.388. The minimum atomic E-state index is -1.19. The van der Waals surface area contributed by atoms with Gasteiger partial charge in [0.1, 0.15) is 0 Å². The van der Waals surface area contributed by atoms with Crippen LogP contribution < -0.4 is 0 Å². The van der Waals surface area contributed by atoms with E-state index in [1.54, 1.807) is 0 Å². The maximum atomic E-state index is 12.8. The Morgan fingerprint density at radius 2 is 2.00 bits per heavy atom. The molecule has 0 saturated carbocycles. The molecule has 0 heterocycles. The van der Waals surface area contributed by atoms with E-state index in [1.807, 2.05) is 5.92 Å². The summed E-state index contributed by atoms with van der Waals surface area (Å²) >= 11 is 0. The molecule has 0 aliphatic carbocycles. The molecule has 0 radical (unpaired) electrons. The number of rotatable bonds is 1. The molecule has 1 aromatic rings. The number of hydrogen-bond donors (Lipinski definition) is 0. The largest absolute Gasteiger partial charge is 0.298 e. The first-order valence-corrected chi connectivity index (χ1v) is 3.10. The highest BCUT2D eigenvalue weighted by Gasteiger charge is 2.10. The Morgan fingerprint density at radius 3 is 2.50 bits per heavy atom. The van der Waals surface area contributed by atoms with Gasteiger partial charge in [0, 0.05) is 0 Å². The van der Waals surface area contributed by atoms with E-state index in [4.69, 9.17) is 6.42 Å². The first-order chi connectivity index (χ1) is 5.70. The first-order valence-electron chi connectivity index (χ1n) is 3.10. The number of terminal acetylenes is 1. The van der Waals surface area contributed by atoms with Crippen molar-refractivity contribution >= 4 is 6.29 Å². The zero-order valence-corrected chi connectivity index (χ0v) is 5.97. The molecular weight excluding hydrogens is 162 g/mol. The lowest BCUT2D eigenvalue weighted by Crippen LogP contribution is -1.95.